The van der Waals surface area contributed by atoms with Crippen LogP contribution in [0.3, 0.4) is 0 Å². The summed E-state index contributed by atoms with van der Waals surface area (Å²) in [7, 11) is 0. The van der Waals surface area contributed by atoms with Crippen molar-refractivity contribution in [1.82, 2.24) is 19.7 Å². The standard InChI is InChI=1S/C26H34N4O8S/c1-14(2)12-29-24(19-10-8-7-9-11-19)28-30(26(29)39)25-21(27-15(3)31)23(37-18(6)34)22(36-17(5)33)20(38-25)13-35-16(4)32/h7-11,14,20-23,25H,12-13H2,1-6H3,(H,27,31)/t20-,21-,22-,23-,25-/m1/s1. The first-order chi connectivity index (χ1) is 18.4. The molecule has 13 heteroatoms. The lowest BCUT2D eigenvalue weighted by Crippen LogP contribution is -2.64. The van der Waals surface area contributed by atoms with E-state index in [-0.39, 0.29) is 12.5 Å². The van der Waals surface area contributed by atoms with Crippen LogP contribution in [-0.4, -0.2) is 69.1 Å². The molecule has 0 unspecified atom stereocenters. The van der Waals surface area contributed by atoms with E-state index in [0.29, 0.717) is 17.1 Å². The van der Waals surface area contributed by atoms with E-state index in [4.69, 9.17) is 36.3 Å². The lowest BCUT2D eigenvalue weighted by atomic mass is 9.95. The fourth-order valence-electron chi connectivity index (χ4n) is 4.43. The Kier molecular flexibility index (Phi) is 9.97. The average molecular weight is 563 g/mol. The lowest BCUT2D eigenvalue weighted by molar-refractivity contribution is -0.239. The van der Waals surface area contributed by atoms with Crippen LogP contribution in [-0.2, 0) is 44.7 Å². The Hall–Kier alpha value is -3.58. The van der Waals surface area contributed by atoms with Gasteiger partial charge >= 0.3 is 17.9 Å². The molecule has 12 nitrogen and oxygen atoms in total. The highest BCUT2D eigenvalue weighted by Gasteiger charge is 2.52. The average Bonchev–Trinajstić information content (AvgIpc) is 3.15. The predicted octanol–water partition coefficient (Wildman–Crippen LogP) is 2.57. The first kappa shape index (κ1) is 30.0. The molecule has 1 saturated heterocycles. The molecule has 1 N–H and O–H groups in total. The van der Waals surface area contributed by atoms with Crippen LogP contribution >= 0.6 is 12.2 Å². The van der Waals surface area contributed by atoms with Crippen LogP contribution < -0.4 is 5.32 Å². The van der Waals surface area contributed by atoms with Crippen molar-refractivity contribution in [2.24, 2.45) is 5.92 Å². The summed E-state index contributed by atoms with van der Waals surface area (Å²) in [6, 6.07) is 8.37. The van der Waals surface area contributed by atoms with Crippen molar-refractivity contribution in [1.29, 1.82) is 0 Å². The van der Waals surface area contributed by atoms with E-state index in [1.165, 1.54) is 32.4 Å². The smallest absolute Gasteiger partial charge is 0.303 e. The Labute approximate surface area is 231 Å². The molecule has 0 saturated carbocycles. The Bertz CT molecular complexity index is 1260. The molecule has 0 spiro atoms. The molecular formula is C26H34N4O8S. The number of nitrogens with zero attached hydrogens (tertiary/aromatic N) is 3. The van der Waals surface area contributed by atoms with Crippen molar-refractivity contribution < 1.29 is 38.1 Å². The Morgan fingerprint density at radius 2 is 1.62 bits per heavy atom. The fraction of sp³-hybridized carbons (Fsp3) is 0.538. The Morgan fingerprint density at radius 3 is 2.15 bits per heavy atom. The van der Waals surface area contributed by atoms with Gasteiger partial charge < -0.3 is 24.3 Å². The number of rotatable bonds is 9. The number of carbonyl (C=O) groups is 4. The van der Waals surface area contributed by atoms with Crippen LogP contribution in [0.4, 0.5) is 0 Å². The molecule has 0 aliphatic carbocycles. The van der Waals surface area contributed by atoms with Crippen LogP contribution in [0.2, 0.25) is 0 Å². The Balaban J connectivity index is 2.21. The molecule has 1 aromatic carbocycles. The summed E-state index contributed by atoms with van der Waals surface area (Å²) in [4.78, 5) is 48.1. The van der Waals surface area contributed by atoms with Crippen molar-refractivity contribution in [3.63, 3.8) is 0 Å². The van der Waals surface area contributed by atoms with E-state index in [0.717, 1.165) is 5.56 Å². The van der Waals surface area contributed by atoms with Gasteiger partial charge in [0.15, 0.2) is 24.3 Å². The second kappa shape index (κ2) is 13.0. The van der Waals surface area contributed by atoms with Gasteiger partial charge in [-0.05, 0) is 18.1 Å². The van der Waals surface area contributed by atoms with Gasteiger partial charge in [0, 0.05) is 39.8 Å². The van der Waals surface area contributed by atoms with Crippen molar-refractivity contribution in [2.75, 3.05) is 6.61 Å². The third kappa shape index (κ3) is 7.51. The highest BCUT2D eigenvalue weighted by atomic mass is 32.1. The minimum atomic E-state index is -1.22. The van der Waals surface area contributed by atoms with E-state index >= 15 is 0 Å². The topological polar surface area (TPSA) is 140 Å². The molecule has 0 bridgehead atoms. The molecule has 1 fully saturated rings. The normalized spacial score (nSPS) is 22.7. The summed E-state index contributed by atoms with van der Waals surface area (Å²) in [5.74, 6) is -1.62. The monoisotopic (exact) mass is 562 g/mol. The summed E-state index contributed by atoms with van der Waals surface area (Å²) in [5, 5.41) is 7.54. The number of nitrogens with one attached hydrogen (secondary N) is 1. The molecule has 0 radical (unpaired) electrons. The van der Waals surface area contributed by atoms with Crippen molar-refractivity contribution in [2.45, 2.75) is 78.7 Å². The summed E-state index contributed by atoms with van der Waals surface area (Å²) >= 11 is 5.84. The number of hydrogen-bond donors (Lipinski definition) is 1. The zero-order chi connectivity index (χ0) is 28.9. The zero-order valence-corrected chi connectivity index (χ0v) is 23.6. The maximum Gasteiger partial charge on any atom is 0.303 e. The molecule has 1 aliphatic heterocycles. The first-order valence-corrected chi connectivity index (χ1v) is 12.9. The third-order valence-electron chi connectivity index (χ3n) is 5.80. The maximum atomic E-state index is 12.3. The summed E-state index contributed by atoms with van der Waals surface area (Å²) in [5.41, 5.74) is 0.806. The highest BCUT2D eigenvalue weighted by Crippen LogP contribution is 2.34. The first-order valence-electron chi connectivity index (χ1n) is 12.5. The highest BCUT2D eigenvalue weighted by molar-refractivity contribution is 7.71. The third-order valence-corrected chi connectivity index (χ3v) is 6.20. The summed E-state index contributed by atoms with van der Waals surface area (Å²) in [6.07, 6.45) is -4.62. The molecule has 3 rings (SSSR count). The van der Waals surface area contributed by atoms with Crippen LogP contribution in [0.5, 0.6) is 0 Å². The molecule has 1 amide bonds. The van der Waals surface area contributed by atoms with Crippen LogP contribution in [0.1, 0.15) is 47.8 Å². The van der Waals surface area contributed by atoms with E-state index in [2.05, 4.69) is 5.32 Å². The quantitative estimate of drug-likeness (QED) is 0.275. The van der Waals surface area contributed by atoms with Gasteiger partial charge in [-0.2, -0.15) is 0 Å². The van der Waals surface area contributed by atoms with Gasteiger partial charge in [-0.25, -0.2) is 4.68 Å². The van der Waals surface area contributed by atoms with Gasteiger partial charge in [0.05, 0.1) is 0 Å². The fourth-order valence-corrected chi connectivity index (χ4v) is 4.73. The molecule has 212 valence electrons. The minimum absolute atomic E-state index is 0.217. The number of benzene rings is 1. The van der Waals surface area contributed by atoms with Gasteiger partial charge in [-0.3, -0.25) is 23.7 Å². The van der Waals surface area contributed by atoms with Gasteiger partial charge in [0.2, 0.25) is 10.7 Å². The van der Waals surface area contributed by atoms with Gasteiger partial charge in [-0.1, -0.05) is 44.2 Å². The van der Waals surface area contributed by atoms with Crippen LogP contribution in [0.15, 0.2) is 30.3 Å². The zero-order valence-electron chi connectivity index (χ0n) is 22.8. The minimum Gasteiger partial charge on any atom is -0.463 e. The predicted molar refractivity (Wildman–Crippen MR) is 141 cm³/mol. The SMILES string of the molecule is CC(=O)N[C@@H]1[C@@H](OC(C)=O)[C@H](OC(C)=O)[C@@H](COC(C)=O)O[C@H]1n1nc(-c2ccccc2)n(CC(C)C)c1=S. The maximum absolute atomic E-state index is 12.3. The molecule has 2 aromatic rings. The number of ether oxygens (including phenoxy) is 4. The van der Waals surface area contributed by atoms with Crippen LogP contribution in [0.25, 0.3) is 11.4 Å². The van der Waals surface area contributed by atoms with Crippen molar-refractivity contribution >= 4 is 36.0 Å². The molecular weight excluding hydrogens is 528 g/mol. The van der Waals surface area contributed by atoms with Gasteiger partial charge in [-0.15, -0.1) is 5.10 Å². The number of carbonyl (C=O) groups excluding carboxylic acids is 4. The van der Waals surface area contributed by atoms with Crippen LogP contribution in [0, 0.1) is 10.7 Å². The summed E-state index contributed by atoms with van der Waals surface area (Å²) in [6.45, 7) is 9.20. The molecule has 1 aliphatic rings. The number of aromatic nitrogens is 3. The Morgan fingerprint density at radius 1 is 1.00 bits per heavy atom. The number of amides is 1. The van der Waals surface area contributed by atoms with E-state index in [9.17, 15) is 19.2 Å². The van der Waals surface area contributed by atoms with Crippen molar-refractivity contribution in [3.05, 3.63) is 35.1 Å². The summed E-state index contributed by atoms with van der Waals surface area (Å²) < 4.78 is 26.2. The molecule has 1 aromatic heterocycles. The lowest BCUT2D eigenvalue weighted by Gasteiger charge is -2.45. The number of esters is 3. The van der Waals surface area contributed by atoms with Crippen molar-refractivity contribution in [3.8, 4) is 11.4 Å². The van der Waals surface area contributed by atoms with Gasteiger partial charge in [0.1, 0.15) is 18.8 Å². The second-order valence-corrected chi connectivity index (χ2v) is 10.0. The molecule has 39 heavy (non-hydrogen) atoms. The molecule has 5 atom stereocenters. The second-order valence-electron chi connectivity index (χ2n) is 9.66. The van der Waals surface area contributed by atoms with Gasteiger partial charge in [0.25, 0.3) is 0 Å². The van der Waals surface area contributed by atoms with E-state index < -0.39 is 54.4 Å². The van der Waals surface area contributed by atoms with E-state index in [1.807, 2.05) is 48.7 Å². The number of hydrogen-bond acceptors (Lipinski definition) is 10. The van der Waals surface area contributed by atoms with E-state index in [1.54, 1.807) is 0 Å². The largest absolute Gasteiger partial charge is 0.463 e. The molecule has 2 heterocycles.